The number of rotatable bonds is 4. The average Bonchev–Trinajstić information content (AvgIpc) is 2.29. The first-order valence-electron chi connectivity index (χ1n) is 5.07. The second kappa shape index (κ2) is 6.51. The molecular formula is C12H14N2O3. The summed E-state index contributed by atoms with van der Waals surface area (Å²) in [5, 5.41) is 10.4. The van der Waals surface area contributed by atoms with Crippen LogP contribution in [0.2, 0.25) is 0 Å². The van der Waals surface area contributed by atoms with Crippen LogP contribution >= 0.6 is 0 Å². The van der Waals surface area contributed by atoms with Gasteiger partial charge in [0.15, 0.2) is 0 Å². The van der Waals surface area contributed by atoms with Crippen molar-refractivity contribution in [1.82, 2.24) is 4.90 Å². The predicted molar refractivity (Wildman–Crippen MR) is 64.9 cm³/mol. The van der Waals surface area contributed by atoms with E-state index in [2.05, 4.69) is 11.8 Å². The topological polar surface area (TPSA) is 55.6 Å². The van der Waals surface area contributed by atoms with Crippen LogP contribution in [-0.4, -0.2) is 37.1 Å². The molecule has 1 aromatic rings. The maximum Gasteiger partial charge on any atom is 0.269 e. The fourth-order valence-corrected chi connectivity index (χ4v) is 1.05. The Morgan fingerprint density at radius 3 is 2.47 bits per heavy atom. The smallest absolute Gasteiger partial charge is 0.269 e. The van der Waals surface area contributed by atoms with Crippen LogP contribution in [0.1, 0.15) is 0 Å². The Labute approximate surface area is 100 Å². The Morgan fingerprint density at radius 2 is 1.94 bits per heavy atom. The van der Waals surface area contributed by atoms with Crippen molar-refractivity contribution < 1.29 is 9.66 Å². The quantitative estimate of drug-likeness (QED) is 0.450. The highest BCUT2D eigenvalue weighted by Gasteiger charge is 2.03. The number of hydrogen-bond donors (Lipinski definition) is 0. The van der Waals surface area contributed by atoms with Gasteiger partial charge in [-0.1, -0.05) is 11.8 Å². The van der Waals surface area contributed by atoms with Gasteiger partial charge in [-0.25, -0.2) is 0 Å². The highest BCUT2D eigenvalue weighted by molar-refractivity contribution is 5.36. The van der Waals surface area contributed by atoms with E-state index < -0.39 is 4.92 Å². The van der Waals surface area contributed by atoms with Crippen LogP contribution in [-0.2, 0) is 0 Å². The van der Waals surface area contributed by atoms with E-state index in [9.17, 15) is 10.1 Å². The molecule has 5 nitrogen and oxygen atoms in total. The highest BCUT2D eigenvalue weighted by atomic mass is 16.6. The molecule has 1 rings (SSSR count). The third kappa shape index (κ3) is 5.00. The molecule has 0 radical (unpaired) electrons. The van der Waals surface area contributed by atoms with Gasteiger partial charge in [-0.2, -0.15) is 0 Å². The first-order chi connectivity index (χ1) is 8.09. The van der Waals surface area contributed by atoms with Gasteiger partial charge < -0.3 is 4.74 Å². The molecule has 0 amide bonds. The summed E-state index contributed by atoms with van der Waals surface area (Å²) < 4.78 is 5.31. The molecule has 0 aromatic heterocycles. The number of nitrogens with zero attached hydrogens (tertiary/aromatic N) is 2. The van der Waals surface area contributed by atoms with Crippen LogP contribution in [0.5, 0.6) is 5.75 Å². The summed E-state index contributed by atoms with van der Waals surface area (Å²) in [6.45, 7) is 0.968. The van der Waals surface area contributed by atoms with Crippen LogP contribution in [0.4, 0.5) is 5.69 Å². The maximum absolute atomic E-state index is 10.4. The van der Waals surface area contributed by atoms with Crippen molar-refractivity contribution in [3.63, 3.8) is 0 Å². The number of ether oxygens (including phenoxy) is 1. The zero-order valence-electron chi connectivity index (χ0n) is 9.84. The summed E-state index contributed by atoms with van der Waals surface area (Å²) in [5.41, 5.74) is 0.0519. The number of nitro groups is 1. The molecule has 0 spiro atoms. The van der Waals surface area contributed by atoms with Crippen LogP contribution in [0, 0.1) is 22.0 Å². The molecule has 0 aliphatic carbocycles. The van der Waals surface area contributed by atoms with Crippen LogP contribution in [0.15, 0.2) is 24.3 Å². The summed E-state index contributed by atoms with van der Waals surface area (Å²) in [7, 11) is 3.87. The Hall–Kier alpha value is -2.06. The molecule has 0 saturated carbocycles. The maximum atomic E-state index is 10.4. The van der Waals surface area contributed by atoms with Gasteiger partial charge in [0.05, 0.1) is 11.5 Å². The number of non-ortho nitro benzene ring substituents is 1. The third-order valence-corrected chi connectivity index (χ3v) is 1.88. The van der Waals surface area contributed by atoms with Gasteiger partial charge in [-0.3, -0.25) is 15.0 Å². The molecular weight excluding hydrogens is 220 g/mol. The molecule has 0 unspecified atom stereocenters. The van der Waals surface area contributed by atoms with Gasteiger partial charge in [-0.15, -0.1) is 0 Å². The van der Waals surface area contributed by atoms with Crippen LogP contribution in [0.25, 0.3) is 0 Å². The molecule has 0 aliphatic rings. The minimum absolute atomic E-state index is 0.0519. The van der Waals surface area contributed by atoms with Crippen molar-refractivity contribution in [2.24, 2.45) is 0 Å². The lowest BCUT2D eigenvalue weighted by Crippen LogP contribution is -2.11. The first-order valence-corrected chi connectivity index (χ1v) is 5.07. The normalized spacial score (nSPS) is 9.59. The molecule has 90 valence electrons. The summed E-state index contributed by atoms with van der Waals surface area (Å²) in [4.78, 5) is 11.9. The SMILES string of the molecule is CN(C)CC#CCOc1ccc([N+](=O)[O-])cc1. The van der Waals surface area contributed by atoms with Gasteiger partial charge in [-0.05, 0) is 26.2 Å². The highest BCUT2D eigenvalue weighted by Crippen LogP contribution is 2.16. The molecule has 17 heavy (non-hydrogen) atoms. The second-order valence-corrected chi connectivity index (χ2v) is 3.63. The Bertz CT molecular complexity index is 429. The minimum atomic E-state index is -0.444. The van der Waals surface area contributed by atoms with Gasteiger partial charge in [0.1, 0.15) is 12.4 Å². The van der Waals surface area contributed by atoms with Crippen LogP contribution in [0.3, 0.4) is 0 Å². The van der Waals surface area contributed by atoms with E-state index >= 15 is 0 Å². The summed E-state index contributed by atoms with van der Waals surface area (Å²) in [6.07, 6.45) is 0. The predicted octanol–water partition coefficient (Wildman–Crippen LogP) is 1.54. The second-order valence-electron chi connectivity index (χ2n) is 3.63. The summed E-state index contributed by atoms with van der Waals surface area (Å²) in [5.74, 6) is 6.36. The summed E-state index contributed by atoms with van der Waals surface area (Å²) >= 11 is 0. The molecule has 0 heterocycles. The fraction of sp³-hybridized carbons (Fsp3) is 0.333. The molecule has 0 saturated heterocycles. The summed E-state index contributed by atoms with van der Waals surface area (Å²) in [6, 6.07) is 5.93. The van der Waals surface area contributed by atoms with E-state index in [4.69, 9.17) is 4.74 Å². The van der Waals surface area contributed by atoms with Crippen molar-refractivity contribution >= 4 is 5.69 Å². The zero-order valence-corrected chi connectivity index (χ0v) is 9.84. The Morgan fingerprint density at radius 1 is 1.29 bits per heavy atom. The van der Waals surface area contributed by atoms with Crippen molar-refractivity contribution in [3.8, 4) is 17.6 Å². The third-order valence-electron chi connectivity index (χ3n) is 1.88. The van der Waals surface area contributed by atoms with Crippen LogP contribution < -0.4 is 4.74 Å². The number of nitro benzene ring substituents is 1. The average molecular weight is 234 g/mol. The van der Waals surface area contributed by atoms with E-state index in [1.54, 1.807) is 12.1 Å². The lowest BCUT2D eigenvalue weighted by molar-refractivity contribution is -0.384. The minimum Gasteiger partial charge on any atom is -0.481 e. The number of hydrogen-bond acceptors (Lipinski definition) is 4. The Kier molecular flexibility index (Phi) is 4.98. The molecule has 5 heteroatoms. The fourth-order valence-electron chi connectivity index (χ4n) is 1.05. The van der Waals surface area contributed by atoms with Gasteiger partial charge in [0, 0.05) is 12.1 Å². The molecule has 1 aromatic carbocycles. The zero-order chi connectivity index (χ0) is 12.7. The monoisotopic (exact) mass is 234 g/mol. The van der Waals surface area contributed by atoms with E-state index in [0.717, 1.165) is 0 Å². The van der Waals surface area contributed by atoms with Crippen molar-refractivity contribution in [1.29, 1.82) is 0 Å². The number of benzene rings is 1. The van der Waals surface area contributed by atoms with Crippen molar-refractivity contribution in [2.45, 2.75) is 0 Å². The standard InChI is InChI=1S/C12H14N2O3/c1-13(2)9-3-4-10-17-12-7-5-11(6-8-12)14(15)16/h5-8H,9-10H2,1-2H3. The van der Waals surface area contributed by atoms with E-state index in [0.29, 0.717) is 12.3 Å². The van der Waals surface area contributed by atoms with E-state index in [1.165, 1.54) is 12.1 Å². The van der Waals surface area contributed by atoms with E-state index in [1.807, 2.05) is 19.0 Å². The molecule has 0 bridgehead atoms. The van der Waals surface area contributed by atoms with Crippen molar-refractivity contribution in [2.75, 3.05) is 27.2 Å². The molecule has 0 atom stereocenters. The molecule has 0 aliphatic heterocycles. The van der Waals surface area contributed by atoms with Gasteiger partial charge in [0.2, 0.25) is 0 Å². The molecule has 0 N–H and O–H groups in total. The van der Waals surface area contributed by atoms with E-state index in [-0.39, 0.29) is 12.3 Å². The lowest BCUT2D eigenvalue weighted by Gasteiger charge is -2.02. The largest absolute Gasteiger partial charge is 0.481 e. The lowest BCUT2D eigenvalue weighted by atomic mass is 10.3. The first kappa shape index (κ1) is 13.0. The van der Waals surface area contributed by atoms with Gasteiger partial charge >= 0.3 is 0 Å². The van der Waals surface area contributed by atoms with Gasteiger partial charge in [0.25, 0.3) is 5.69 Å². The van der Waals surface area contributed by atoms with Crippen molar-refractivity contribution in [3.05, 3.63) is 34.4 Å². The molecule has 0 fully saturated rings. The Balaban J connectivity index is 2.41.